The predicted molar refractivity (Wildman–Crippen MR) is 80.9 cm³/mol. The monoisotopic (exact) mass is 368 g/mol. The van der Waals surface area contributed by atoms with Crippen LogP contribution in [0.1, 0.15) is 26.7 Å². The third-order valence-electron chi connectivity index (χ3n) is 2.94. The van der Waals surface area contributed by atoms with Gasteiger partial charge in [-0.25, -0.2) is 8.42 Å². The van der Waals surface area contributed by atoms with E-state index in [4.69, 9.17) is 11.6 Å². The largest absolute Gasteiger partial charge is 0.262 e. The average Bonchev–Trinajstić information content (AvgIpc) is 2.39. The summed E-state index contributed by atoms with van der Waals surface area (Å²) >= 11 is 8.99. The van der Waals surface area contributed by atoms with E-state index in [1.807, 2.05) is 13.8 Å². The van der Waals surface area contributed by atoms with Crippen LogP contribution in [0.5, 0.6) is 0 Å². The standard InChI is InChI=1S/C12H18BrClN2O2S/c1-3-11(4-2)16(6-5-14)19(17,18)12-7-10(13)8-15-9-12/h7-9,11H,3-6H2,1-2H3. The van der Waals surface area contributed by atoms with Crippen molar-refractivity contribution in [1.29, 1.82) is 0 Å². The SMILES string of the molecule is CCC(CC)N(CCCl)S(=O)(=O)c1cncc(Br)c1. The van der Waals surface area contributed by atoms with Gasteiger partial charge in [0.25, 0.3) is 0 Å². The van der Waals surface area contributed by atoms with Gasteiger partial charge in [0, 0.05) is 35.3 Å². The molecule has 0 amide bonds. The van der Waals surface area contributed by atoms with Crippen LogP contribution in [0.3, 0.4) is 0 Å². The predicted octanol–water partition coefficient (Wildman–Crippen LogP) is 3.26. The van der Waals surface area contributed by atoms with Gasteiger partial charge < -0.3 is 0 Å². The molecule has 0 bridgehead atoms. The summed E-state index contributed by atoms with van der Waals surface area (Å²) < 4.78 is 27.4. The number of pyridine rings is 1. The van der Waals surface area contributed by atoms with Gasteiger partial charge in [0.05, 0.1) is 0 Å². The minimum atomic E-state index is -3.55. The van der Waals surface area contributed by atoms with Crippen molar-refractivity contribution >= 4 is 37.6 Å². The van der Waals surface area contributed by atoms with E-state index in [0.717, 1.165) is 12.8 Å². The number of rotatable bonds is 7. The fraction of sp³-hybridized carbons (Fsp3) is 0.583. The molecular formula is C12H18BrClN2O2S. The molecule has 108 valence electrons. The Kier molecular flexibility index (Phi) is 6.73. The number of aromatic nitrogens is 1. The van der Waals surface area contributed by atoms with Gasteiger partial charge in [-0.05, 0) is 34.8 Å². The molecule has 0 N–H and O–H groups in total. The maximum atomic E-state index is 12.6. The smallest absolute Gasteiger partial charge is 0.244 e. The molecule has 0 aromatic carbocycles. The topological polar surface area (TPSA) is 50.3 Å². The first-order valence-corrected chi connectivity index (χ1v) is 8.92. The number of nitrogens with zero attached hydrogens (tertiary/aromatic N) is 2. The second kappa shape index (κ2) is 7.57. The highest BCUT2D eigenvalue weighted by molar-refractivity contribution is 9.10. The Morgan fingerprint density at radius 2 is 2.00 bits per heavy atom. The van der Waals surface area contributed by atoms with Gasteiger partial charge >= 0.3 is 0 Å². The Morgan fingerprint density at radius 1 is 1.37 bits per heavy atom. The Labute approximate surface area is 128 Å². The van der Waals surface area contributed by atoms with Crippen LogP contribution in [0.25, 0.3) is 0 Å². The van der Waals surface area contributed by atoms with Crippen LogP contribution in [0.15, 0.2) is 27.8 Å². The highest BCUT2D eigenvalue weighted by atomic mass is 79.9. The maximum Gasteiger partial charge on any atom is 0.244 e. The van der Waals surface area contributed by atoms with Crippen molar-refractivity contribution in [3.8, 4) is 0 Å². The molecule has 0 saturated carbocycles. The minimum absolute atomic E-state index is 0.0391. The first-order valence-electron chi connectivity index (χ1n) is 6.15. The maximum absolute atomic E-state index is 12.6. The molecule has 0 saturated heterocycles. The fourth-order valence-corrected chi connectivity index (χ4v) is 4.51. The van der Waals surface area contributed by atoms with Crippen molar-refractivity contribution < 1.29 is 8.42 Å². The van der Waals surface area contributed by atoms with Gasteiger partial charge in [-0.3, -0.25) is 4.98 Å². The lowest BCUT2D eigenvalue weighted by Gasteiger charge is -2.28. The summed E-state index contributed by atoms with van der Waals surface area (Å²) in [5.41, 5.74) is 0. The molecule has 1 aromatic rings. The average molecular weight is 370 g/mol. The van der Waals surface area contributed by atoms with Crippen molar-refractivity contribution in [2.75, 3.05) is 12.4 Å². The van der Waals surface area contributed by atoms with Gasteiger partial charge in [-0.1, -0.05) is 13.8 Å². The molecule has 0 atom stereocenters. The lowest BCUT2D eigenvalue weighted by molar-refractivity contribution is 0.316. The molecule has 1 heterocycles. The molecule has 0 spiro atoms. The van der Waals surface area contributed by atoms with E-state index >= 15 is 0 Å². The van der Waals surface area contributed by atoms with E-state index in [9.17, 15) is 8.42 Å². The van der Waals surface area contributed by atoms with Gasteiger partial charge in [0.15, 0.2) is 0 Å². The quantitative estimate of drug-likeness (QED) is 0.693. The van der Waals surface area contributed by atoms with E-state index in [1.54, 1.807) is 12.3 Å². The Balaban J connectivity index is 3.19. The van der Waals surface area contributed by atoms with Crippen molar-refractivity contribution in [2.24, 2.45) is 0 Å². The van der Waals surface area contributed by atoms with Crippen LogP contribution < -0.4 is 0 Å². The van der Waals surface area contributed by atoms with Gasteiger partial charge in [-0.2, -0.15) is 4.31 Å². The molecule has 0 fully saturated rings. The van der Waals surface area contributed by atoms with Crippen molar-refractivity contribution in [2.45, 2.75) is 37.6 Å². The minimum Gasteiger partial charge on any atom is -0.262 e. The fourth-order valence-electron chi connectivity index (χ4n) is 1.95. The lowest BCUT2D eigenvalue weighted by atomic mass is 10.2. The van der Waals surface area contributed by atoms with Crippen LogP contribution in [-0.4, -0.2) is 36.2 Å². The van der Waals surface area contributed by atoms with E-state index in [-0.39, 0.29) is 16.8 Å². The molecule has 0 aliphatic carbocycles. The van der Waals surface area contributed by atoms with Crippen LogP contribution in [0, 0.1) is 0 Å². The number of alkyl halides is 1. The van der Waals surface area contributed by atoms with Crippen molar-refractivity contribution in [3.05, 3.63) is 22.9 Å². The Bertz CT molecular complexity index is 506. The summed E-state index contributed by atoms with van der Waals surface area (Å²) in [5.74, 6) is 0.275. The van der Waals surface area contributed by atoms with E-state index in [0.29, 0.717) is 11.0 Å². The summed E-state index contributed by atoms with van der Waals surface area (Å²) in [6.45, 7) is 4.26. The Hall–Kier alpha value is -0.170. The van der Waals surface area contributed by atoms with Gasteiger partial charge in [-0.15, -0.1) is 11.6 Å². The normalized spacial score (nSPS) is 12.3. The zero-order valence-electron chi connectivity index (χ0n) is 11.0. The van der Waals surface area contributed by atoms with Crippen molar-refractivity contribution in [1.82, 2.24) is 9.29 Å². The summed E-state index contributed by atoms with van der Waals surface area (Å²) in [6.07, 6.45) is 4.44. The van der Waals surface area contributed by atoms with Gasteiger partial charge in [0.1, 0.15) is 4.90 Å². The molecule has 7 heteroatoms. The number of hydrogen-bond acceptors (Lipinski definition) is 3. The third-order valence-corrected chi connectivity index (χ3v) is 5.46. The van der Waals surface area contributed by atoms with E-state index in [2.05, 4.69) is 20.9 Å². The molecule has 0 radical (unpaired) electrons. The van der Waals surface area contributed by atoms with E-state index in [1.165, 1.54) is 10.5 Å². The van der Waals surface area contributed by atoms with Crippen LogP contribution in [0.4, 0.5) is 0 Å². The highest BCUT2D eigenvalue weighted by Gasteiger charge is 2.29. The molecule has 1 rings (SSSR count). The molecule has 4 nitrogen and oxygen atoms in total. The molecule has 0 aliphatic rings. The Morgan fingerprint density at radius 3 is 2.47 bits per heavy atom. The van der Waals surface area contributed by atoms with Crippen LogP contribution >= 0.6 is 27.5 Å². The van der Waals surface area contributed by atoms with Crippen molar-refractivity contribution in [3.63, 3.8) is 0 Å². The van der Waals surface area contributed by atoms with E-state index < -0.39 is 10.0 Å². The summed E-state index contributed by atoms with van der Waals surface area (Å²) in [4.78, 5) is 4.11. The van der Waals surface area contributed by atoms with Crippen LogP contribution in [0.2, 0.25) is 0 Å². The molecule has 19 heavy (non-hydrogen) atoms. The first kappa shape index (κ1) is 16.9. The molecule has 0 unspecified atom stereocenters. The number of hydrogen-bond donors (Lipinski definition) is 0. The zero-order chi connectivity index (χ0) is 14.5. The lowest BCUT2D eigenvalue weighted by Crippen LogP contribution is -2.41. The zero-order valence-corrected chi connectivity index (χ0v) is 14.2. The first-order chi connectivity index (χ1) is 8.97. The summed E-state index contributed by atoms with van der Waals surface area (Å²) in [6, 6.07) is 1.52. The highest BCUT2D eigenvalue weighted by Crippen LogP contribution is 2.22. The number of sulfonamides is 1. The molecule has 0 aliphatic heterocycles. The second-order valence-electron chi connectivity index (χ2n) is 4.11. The molecule has 1 aromatic heterocycles. The van der Waals surface area contributed by atoms with Crippen LogP contribution in [-0.2, 0) is 10.0 Å². The molecular weight excluding hydrogens is 352 g/mol. The summed E-state index contributed by atoms with van der Waals surface area (Å²) in [7, 11) is -3.55. The summed E-state index contributed by atoms with van der Waals surface area (Å²) in [5, 5.41) is 0. The number of halogens is 2. The second-order valence-corrected chi connectivity index (χ2v) is 7.30. The third kappa shape index (κ3) is 4.15. The van der Waals surface area contributed by atoms with Gasteiger partial charge in [0.2, 0.25) is 10.0 Å².